The number of hydrogen-bond donors (Lipinski definition) is 2. The van der Waals surface area contributed by atoms with Gasteiger partial charge in [0.1, 0.15) is 17.6 Å². The summed E-state index contributed by atoms with van der Waals surface area (Å²) in [5.74, 6) is 1.87. The maximum absolute atomic E-state index is 12.2. The van der Waals surface area contributed by atoms with Crippen LogP contribution in [0.3, 0.4) is 0 Å². The molecule has 1 aliphatic rings. The Hall–Kier alpha value is -3.83. The van der Waals surface area contributed by atoms with E-state index < -0.39 is 16.9 Å². The number of H-pyrrole nitrogens is 2. The highest BCUT2D eigenvalue weighted by molar-refractivity contribution is 6.32. The summed E-state index contributed by atoms with van der Waals surface area (Å²) in [5, 5.41) is 14.3. The minimum Gasteiger partial charge on any atom is -0.456 e. The van der Waals surface area contributed by atoms with Crippen molar-refractivity contribution in [3.63, 3.8) is 0 Å². The molecule has 5 rings (SSSR count). The molecule has 9 heteroatoms. The lowest BCUT2D eigenvalue weighted by atomic mass is 10.1. The standard InChI is InChI=1S/C23H18ClN5O3/c1-12-6-15(29-23(31)27-22(30)20(10-25)28-29)8-18(24)21(12)32-16-4-5-19-17(9-16)14(11-26-19)7-13-2-3-13/h4-6,8-9,11,13,26H,2-3,7H2,1H3,(H,27,30,31). The fourth-order valence-electron chi connectivity index (χ4n) is 3.75. The predicted octanol–water partition coefficient (Wildman–Crippen LogP) is 3.98. The van der Waals surface area contributed by atoms with E-state index in [2.05, 4.69) is 21.3 Å². The largest absolute Gasteiger partial charge is 0.456 e. The van der Waals surface area contributed by atoms with Crippen molar-refractivity contribution in [1.82, 2.24) is 19.7 Å². The van der Waals surface area contributed by atoms with E-state index in [4.69, 9.17) is 21.6 Å². The van der Waals surface area contributed by atoms with Crippen LogP contribution in [0.2, 0.25) is 5.02 Å². The SMILES string of the molecule is Cc1cc(-n2nc(C#N)c(=O)[nH]c2=O)cc(Cl)c1Oc1ccc2[nH]cc(CC3CC3)c2c1. The molecule has 1 saturated carbocycles. The van der Waals surface area contributed by atoms with E-state index in [0.29, 0.717) is 22.7 Å². The van der Waals surface area contributed by atoms with Crippen LogP contribution in [0.25, 0.3) is 16.6 Å². The molecule has 2 heterocycles. The molecule has 2 aromatic carbocycles. The van der Waals surface area contributed by atoms with Gasteiger partial charge in [-0.3, -0.25) is 9.78 Å². The zero-order chi connectivity index (χ0) is 22.4. The van der Waals surface area contributed by atoms with Crippen molar-refractivity contribution in [1.29, 1.82) is 5.26 Å². The first-order chi connectivity index (χ1) is 15.4. The third kappa shape index (κ3) is 3.67. The van der Waals surface area contributed by atoms with E-state index in [-0.39, 0.29) is 5.02 Å². The molecule has 1 aliphatic carbocycles. The van der Waals surface area contributed by atoms with E-state index in [1.54, 1.807) is 19.1 Å². The summed E-state index contributed by atoms with van der Waals surface area (Å²) in [6.45, 7) is 1.79. The third-order valence-electron chi connectivity index (χ3n) is 5.56. The second-order valence-electron chi connectivity index (χ2n) is 7.98. The molecule has 1 fully saturated rings. The summed E-state index contributed by atoms with van der Waals surface area (Å²) in [4.78, 5) is 29.2. The minimum absolute atomic E-state index is 0.269. The highest BCUT2D eigenvalue weighted by Crippen LogP contribution is 2.38. The van der Waals surface area contributed by atoms with Crippen molar-refractivity contribution in [2.24, 2.45) is 5.92 Å². The summed E-state index contributed by atoms with van der Waals surface area (Å²) >= 11 is 6.49. The molecular weight excluding hydrogens is 430 g/mol. The van der Waals surface area contributed by atoms with E-state index in [0.717, 1.165) is 27.9 Å². The van der Waals surface area contributed by atoms with Crippen LogP contribution in [0.4, 0.5) is 0 Å². The summed E-state index contributed by atoms with van der Waals surface area (Å²) in [6, 6.07) is 10.7. The first-order valence-electron chi connectivity index (χ1n) is 10.1. The van der Waals surface area contributed by atoms with E-state index in [1.807, 2.05) is 18.2 Å². The molecule has 0 radical (unpaired) electrons. The lowest BCUT2D eigenvalue weighted by molar-refractivity contribution is 0.479. The van der Waals surface area contributed by atoms with Gasteiger partial charge in [-0.25, -0.2) is 4.79 Å². The second-order valence-corrected chi connectivity index (χ2v) is 8.38. The van der Waals surface area contributed by atoms with Crippen LogP contribution in [-0.2, 0) is 6.42 Å². The van der Waals surface area contributed by atoms with Gasteiger partial charge in [0.25, 0.3) is 5.56 Å². The van der Waals surface area contributed by atoms with Crippen molar-refractivity contribution in [2.45, 2.75) is 26.2 Å². The van der Waals surface area contributed by atoms with Crippen molar-refractivity contribution >= 4 is 22.5 Å². The van der Waals surface area contributed by atoms with Gasteiger partial charge in [-0.2, -0.15) is 9.94 Å². The zero-order valence-corrected chi connectivity index (χ0v) is 17.9. The van der Waals surface area contributed by atoms with E-state index in [9.17, 15) is 9.59 Å². The average molecular weight is 448 g/mol. The molecule has 0 atom stereocenters. The smallest absolute Gasteiger partial charge is 0.349 e. The average Bonchev–Trinajstić information content (AvgIpc) is 3.50. The van der Waals surface area contributed by atoms with Crippen LogP contribution in [0.5, 0.6) is 11.5 Å². The summed E-state index contributed by atoms with van der Waals surface area (Å²) < 4.78 is 7.04. The summed E-state index contributed by atoms with van der Waals surface area (Å²) in [6.07, 6.45) is 5.69. The molecule has 160 valence electrons. The fourth-order valence-corrected chi connectivity index (χ4v) is 4.05. The molecule has 0 unspecified atom stereocenters. The molecule has 8 nitrogen and oxygen atoms in total. The number of nitriles is 1. The Morgan fingerprint density at radius 3 is 2.81 bits per heavy atom. The fraction of sp³-hybridized carbons (Fsp3) is 0.217. The van der Waals surface area contributed by atoms with Crippen LogP contribution in [0.15, 0.2) is 46.1 Å². The first-order valence-corrected chi connectivity index (χ1v) is 10.5. The van der Waals surface area contributed by atoms with Crippen molar-refractivity contribution in [3.8, 4) is 23.3 Å². The van der Waals surface area contributed by atoms with Crippen LogP contribution >= 0.6 is 11.6 Å². The van der Waals surface area contributed by atoms with Gasteiger partial charge in [0, 0.05) is 17.1 Å². The number of halogens is 1. The van der Waals surface area contributed by atoms with Crippen molar-refractivity contribution in [2.75, 3.05) is 0 Å². The van der Waals surface area contributed by atoms with Crippen molar-refractivity contribution < 1.29 is 4.74 Å². The Balaban J connectivity index is 1.50. The highest BCUT2D eigenvalue weighted by atomic mass is 35.5. The van der Waals surface area contributed by atoms with Gasteiger partial charge in [-0.1, -0.05) is 11.6 Å². The normalized spacial score (nSPS) is 13.3. The maximum atomic E-state index is 12.2. The van der Waals surface area contributed by atoms with E-state index >= 15 is 0 Å². The number of aromatic amines is 2. The monoisotopic (exact) mass is 447 g/mol. The molecule has 0 amide bonds. The number of nitrogens with one attached hydrogen (secondary N) is 2. The quantitative estimate of drug-likeness (QED) is 0.480. The highest BCUT2D eigenvalue weighted by Gasteiger charge is 2.23. The Morgan fingerprint density at radius 2 is 2.09 bits per heavy atom. The zero-order valence-electron chi connectivity index (χ0n) is 17.1. The van der Waals surface area contributed by atoms with Gasteiger partial charge in [0.15, 0.2) is 0 Å². The molecule has 2 aromatic heterocycles. The van der Waals surface area contributed by atoms with Gasteiger partial charge in [0.05, 0.1) is 10.7 Å². The number of ether oxygens (including phenoxy) is 1. The molecule has 0 spiro atoms. The van der Waals surface area contributed by atoms with E-state index in [1.165, 1.54) is 24.5 Å². The lowest BCUT2D eigenvalue weighted by Gasteiger charge is -2.13. The molecule has 2 N–H and O–H groups in total. The number of rotatable bonds is 5. The molecule has 0 bridgehead atoms. The van der Waals surface area contributed by atoms with Gasteiger partial charge >= 0.3 is 5.69 Å². The Bertz CT molecular complexity index is 1500. The number of fused-ring (bicyclic) bond motifs is 1. The molecule has 4 aromatic rings. The van der Waals surface area contributed by atoms with Gasteiger partial charge in [-0.15, -0.1) is 5.10 Å². The van der Waals surface area contributed by atoms with Crippen LogP contribution < -0.4 is 16.0 Å². The number of benzene rings is 2. The Morgan fingerprint density at radius 1 is 1.28 bits per heavy atom. The molecule has 32 heavy (non-hydrogen) atoms. The first kappa shape index (κ1) is 20.1. The van der Waals surface area contributed by atoms with Crippen molar-refractivity contribution in [3.05, 3.63) is 79.2 Å². The molecule has 0 aliphatic heterocycles. The van der Waals surface area contributed by atoms with Gasteiger partial charge < -0.3 is 9.72 Å². The second kappa shape index (κ2) is 7.70. The number of aromatic nitrogens is 4. The molecular formula is C23H18ClN5O3. The number of hydrogen-bond acceptors (Lipinski definition) is 5. The number of nitrogens with zero attached hydrogens (tertiary/aromatic N) is 3. The van der Waals surface area contributed by atoms with Crippen LogP contribution in [-0.4, -0.2) is 19.7 Å². The topological polar surface area (TPSA) is 117 Å². The number of aryl methyl sites for hydroxylation is 1. The molecule has 0 saturated heterocycles. The third-order valence-corrected chi connectivity index (χ3v) is 5.84. The predicted molar refractivity (Wildman–Crippen MR) is 120 cm³/mol. The summed E-state index contributed by atoms with van der Waals surface area (Å²) in [5.41, 5.74) is 1.30. The lowest BCUT2D eigenvalue weighted by Crippen LogP contribution is -2.33. The Kier molecular flexibility index (Phi) is 4.83. The summed E-state index contributed by atoms with van der Waals surface area (Å²) in [7, 11) is 0. The van der Waals surface area contributed by atoms with Gasteiger partial charge in [-0.05, 0) is 73.6 Å². The van der Waals surface area contributed by atoms with Crippen LogP contribution in [0, 0.1) is 24.2 Å². The minimum atomic E-state index is -0.835. The van der Waals surface area contributed by atoms with Gasteiger partial charge in [0.2, 0.25) is 5.69 Å². The Labute approximate surface area is 187 Å². The maximum Gasteiger partial charge on any atom is 0.349 e. The van der Waals surface area contributed by atoms with Crippen LogP contribution in [0.1, 0.15) is 29.7 Å².